The van der Waals surface area contributed by atoms with Crippen LogP contribution in [0.1, 0.15) is 23.7 Å². The molecule has 0 fully saturated rings. The van der Waals surface area contributed by atoms with Gasteiger partial charge in [-0.15, -0.1) is 0 Å². The number of hydrogen-bond donors (Lipinski definition) is 1. The van der Waals surface area contributed by atoms with Gasteiger partial charge in [-0.05, 0) is 46.6 Å². The summed E-state index contributed by atoms with van der Waals surface area (Å²) in [5, 5.41) is 3.24. The van der Waals surface area contributed by atoms with Crippen molar-refractivity contribution in [2.75, 3.05) is 24.5 Å². The topological polar surface area (TPSA) is 49.4 Å². The molecule has 1 aromatic carbocycles. The van der Waals surface area contributed by atoms with E-state index in [-0.39, 0.29) is 0 Å². The SMILES string of the molecule is C=C(CNCCC)CN1C(=O)C(=O)c2c(Br)cccc21. The van der Waals surface area contributed by atoms with Crippen molar-refractivity contribution in [3.8, 4) is 0 Å². The van der Waals surface area contributed by atoms with Crippen LogP contribution in [0.25, 0.3) is 0 Å². The van der Waals surface area contributed by atoms with Gasteiger partial charge in [-0.1, -0.05) is 19.6 Å². The van der Waals surface area contributed by atoms with Crippen molar-refractivity contribution in [2.45, 2.75) is 13.3 Å². The normalized spacial score (nSPS) is 13.8. The van der Waals surface area contributed by atoms with Crippen LogP contribution < -0.4 is 10.2 Å². The lowest BCUT2D eigenvalue weighted by Crippen LogP contribution is -2.33. The number of carbonyl (C=O) groups is 2. The first-order chi connectivity index (χ1) is 9.56. The zero-order valence-electron chi connectivity index (χ0n) is 11.4. The Morgan fingerprint density at radius 2 is 2.15 bits per heavy atom. The number of hydrogen-bond acceptors (Lipinski definition) is 3. The van der Waals surface area contributed by atoms with Gasteiger partial charge in [0.25, 0.3) is 11.7 Å². The Morgan fingerprint density at radius 3 is 2.85 bits per heavy atom. The molecule has 1 aromatic rings. The molecular formula is C15H17BrN2O2. The van der Waals surface area contributed by atoms with E-state index in [4.69, 9.17) is 0 Å². The molecule has 1 aliphatic heterocycles. The third kappa shape index (κ3) is 2.83. The highest BCUT2D eigenvalue weighted by molar-refractivity contribution is 9.10. The molecule has 1 aliphatic rings. The molecule has 0 saturated carbocycles. The highest BCUT2D eigenvalue weighted by atomic mass is 79.9. The summed E-state index contributed by atoms with van der Waals surface area (Å²) in [5.74, 6) is -0.940. The molecule has 0 saturated heterocycles. The van der Waals surface area contributed by atoms with Gasteiger partial charge in [0.15, 0.2) is 0 Å². The van der Waals surface area contributed by atoms with E-state index >= 15 is 0 Å². The van der Waals surface area contributed by atoms with Crippen molar-refractivity contribution < 1.29 is 9.59 Å². The fourth-order valence-electron chi connectivity index (χ4n) is 2.18. The van der Waals surface area contributed by atoms with Gasteiger partial charge in [0, 0.05) is 17.6 Å². The maximum absolute atomic E-state index is 12.1. The number of ketones is 1. The van der Waals surface area contributed by atoms with Gasteiger partial charge >= 0.3 is 0 Å². The Bertz CT molecular complexity index is 569. The van der Waals surface area contributed by atoms with Crippen molar-refractivity contribution in [3.63, 3.8) is 0 Å². The fourth-order valence-corrected chi connectivity index (χ4v) is 2.72. The Balaban J connectivity index is 2.14. The van der Waals surface area contributed by atoms with Crippen LogP contribution in [0.4, 0.5) is 5.69 Å². The van der Waals surface area contributed by atoms with E-state index in [1.54, 1.807) is 12.1 Å². The predicted molar refractivity (Wildman–Crippen MR) is 83.1 cm³/mol. The molecule has 1 heterocycles. The molecule has 0 unspecified atom stereocenters. The minimum absolute atomic E-state index is 0.366. The lowest BCUT2D eigenvalue weighted by molar-refractivity contribution is -0.114. The zero-order chi connectivity index (χ0) is 14.7. The van der Waals surface area contributed by atoms with Crippen molar-refractivity contribution in [1.29, 1.82) is 0 Å². The number of benzene rings is 1. The van der Waals surface area contributed by atoms with Crippen molar-refractivity contribution in [1.82, 2.24) is 5.32 Å². The van der Waals surface area contributed by atoms with Crippen molar-refractivity contribution >= 4 is 33.3 Å². The Labute approximate surface area is 127 Å². The van der Waals surface area contributed by atoms with Crippen LogP contribution in [0.15, 0.2) is 34.8 Å². The van der Waals surface area contributed by atoms with Gasteiger partial charge in [-0.2, -0.15) is 0 Å². The number of carbonyl (C=O) groups excluding carboxylic acids is 2. The van der Waals surface area contributed by atoms with E-state index in [0.717, 1.165) is 18.5 Å². The summed E-state index contributed by atoms with van der Waals surface area (Å²) in [6.07, 6.45) is 1.05. The Kier molecular flexibility index (Phi) is 4.73. The molecule has 0 atom stereocenters. The molecule has 0 aromatic heterocycles. The van der Waals surface area contributed by atoms with E-state index in [0.29, 0.717) is 28.8 Å². The standard InChI is InChI=1S/C15H17BrN2O2/c1-3-7-17-8-10(2)9-18-12-6-4-5-11(16)13(12)14(19)15(18)20/h4-6,17H,2-3,7-9H2,1H3. The first-order valence-electron chi connectivity index (χ1n) is 6.58. The average molecular weight is 337 g/mol. The summed E-state index contributed by atoms with van der Waals surface area (Å²) >= 11 is 3.33. The first kappa shape index (κ1) is 14.9. The van der Waals surface area contributed by atoms with Gasteiger partial charge < -0.3 is 10.2 Å². The van der Waals surface area contributed by atoms with Crippen LogP contribution in [0.5, 0.6) is 0 Å². The first-order valence-corrected chi connectivity index (χ1v) is 7.37. The Hall–Kier alpha value is -1.46. The largest absolute Gasteiger partial charge is 0.313 e. The average Bonchev–Trinajstić information content (AvgIpc) is 2.65. The molecule has 1 N–H and O–H groups in total. The lowest BCUT2D eigenvalue weighted by atomic mass is 10.1. The number of anilines is 1. The second kappa shape index (κ2) is 6.33. The smallest absolute Gasteiger partial charge is 0.299 e. The summed E-state index contributed by atoms with van der Waals surface area (Å²) in [7, 11) is 0. The van der Waals surface area contributed by atoms with Crippen LogP contribution in [0, 0.1) is 0 Å². The summed E-state index contributed by atoms with van der Waals surface area (Å²) in [6, 6.07) is 5.38. The second-order valence-electron chi connectivity index (χ2n) is 4.78. The molecule has 2 rings (SSSR count). The Morgan fingerprint density at radius 1 is 1.40 bits per heavy atom. The summed E-state index contributed by atoms with van der Waals surface area (Å²) in [5.41, 5.74) is 1.99. The third-order valence-electron chi connectivity index (χ3n) is 3.13. The van der Waals surface area contributed by atoms with Gasteiger partial charge in [-0.3, -0.25) is 9.59 Å². The van der Waals surface area contributed by atoms with E-state index in [1.165, 1.54) is 4.90 Å². The molecule has 0 bridgehead atoms. The number of rotatable bonds is 6. The van der Waals surface area contributed by atoms with Gasteiger partial charge in [-0.25, -0.2) is 0 Å². The van der Waals surface area contributed by atoms with Crippen LogP contribution in [-0.2, 0) is 4.79 Å². The maximum atomic E-state index is 12.1. The molecule has 5 heteroatoms. The summed E-state index contributed by atoms with van der Waals surface area (Å²) in [6.45, 7) is 7.98. The molecule has 0 aliphatic carbocycles. The van der Waals surface area contributed by atoms with Crippen molar-refractivity contribution in [3.05, 3.63) is 40.4 Å². The quantitative estimate of drug-likeness (QED) is 0.493. The molecule has 0 radical (unpaired) electrons. The molecule has 1 amide bonds. The fraction of sp³-hybridized carbons (Fsp3) is 0.333. The molecule has 4 nitrogen and oxygen atoms in total. The maximum Gasteiger partial charge on any atom is 0.299 e. The van der Waals surface area contributed by atoms with Crippen LogP contribution in [0.3, 0.4) is 0 Å². The summed E-state index contributed by atoms with van der Waals surface area (Å²) in [4.78, 5) is 25.6. The molecule has 0 spiro atoms. The number of nitrogens with zero attached hydrogens (tertiary/aromatic N) is 1. The number of amides is 1. The predicted octanol–water partition coefficient (Wildman–Crippen LogP) is 2.53. The minimum Gasteiger partial charge on any atom is -0.313 e. The number of nitrogens with one attached hydrogen (secondary N) is 1. The van der Waals surface area contributed by atoms with E-state index in [1.807, 2.05) is 6.07 Å². The van der Waals surface area contributed by atoms with E-state index in [2.05, 4.69) is 34.7 Å². The monoisotopic (exact) mass is 336 g/mol. The van der Waals surface area contributed by atoms with Crippen LogP contribution in [0.2, 0.25) is 0 Å². The highest BCUT2D eigenvalue weighted by Crippen LogP contribution is 2.34. The summed E-state index contributed by atoms with van der Waals surface area (Å²) < 4.78 is 0.658. The molecular weight excluding hydrogens is 320 g/mol. The minimum atomic E-state index is -0.483. The third-order valence-corrected chi connectivity index (χ3v) is 3.79. The van der Waals surface area contributed by atoms with Crippen LogP contribution >= 0.6 is 15.9 Å². The molecule has 20 heavy (non-hydrogen) atoms. The van der Waals surface area contributed by atoms with E-state index < -0.39 is 11.7 Å². The number of Topliss-reactive ketones (excluding diaryl/α,β-unsaturated/α-hetero) is 1. The zero-order valence-corrected chi connectivity index (χ0v) is 13.0. The second-order valence-corrected chi connectivity index (χ2v) is 5.64. The van der Waals surface area contributed by atoms with Crippen LogP contribution in [-0.4, -0.2) is 31.3 Å². The van der Waals surface area contributed by atoms with Gasteiger partial charge in [0.1, 0.15) is 0 Å². The van der Waals surface area contributed by atoms with Crippen molar-refractivity contribution in [2.24, 2.45) is 0 Å². The molecule has 106 valence electrons. The van der Waals surface area contributed by atoms with Gasteiger partial charge in [0.2, 0.25) is 0 Å². The highest BCUT2D eigenvalue weighted by Gasteiger charge is 2.37. The van der Waals surface area contributed by atoms with Gasteiger partial charge in [0.05, 0.1) is 11.3 Å². The number of fused-ring (bicyclic) bond motifs is 1. The number of halogens is 1. The lowest BCUT2D eigenvalue weighted by Gasteiger charge is -2.18. The van der Waals surface area contributed by atoms with E-state index in [9.17, 15) is 9.59 Å².